The Morgan fingerprint density at radius 2 is 1.91 bits per heavy atom. The third-order valence-electron chi connectivity index (χ3n) is 4.46. The minimum absolute atomic E-state index is 0.324. The number of ether oxygens (including phenoxy) is 1. The van der Waals surface area contributed by atoms with E-state index in [4.69, 9.17) is 4.74 Å². The molecule has 1 aromatic carbocycles. The minimum atomic E-state index is -1.24. The van der Waals surface area contributed by atoms with Crippen LogP contribution in [0.15, 0.2) is 30.4 Å². The first-order valence-corrected chi connectivity index (χ1v) is 7.47. The molecule has 2 heterocycles. The third kappa shape index (κ3) is 2.31. The Labute approximate surface area is 129 Å². The molecule has 0 aliphatic carbocycles. The monoisotopic (exact) mass is 300 g/mol. The van der Waals surface area contributed by atoms with E-state index in [2.05, 4.69) is 5.32 Å². The molecule has 1 saturated heterocycles. The number of carbonyl (C=O) groups is 2. The molecular weight excluding hydrogens is 282 g/mol. The smallest absolute Gasteiger partial charge is 0.231 e. The number of nitrogens with one attached hydrogen (secondary N) is 1. The van der Waals surface area contributed by atoms with E-state index in [0.717, 1.165) is 23.2 Å². The number of hydrogen-bond acceptors (Lipinski definition) is 4. The highest BCUT2D eigenvalue weighted by molar-refractivity contribution is 5.97. The topological polar surface area (TPSA) is 78.5 Å². The molecule has 0 radical (unpaired) electrons. The molecule has 22 heavy (non-hydrogen) atoms. The summed E-state index contributed by atoms with van der Waals surface area (Å²) in [6.07, 6.45) is 3.19. The molecular formula is C17H18NO4-. The van der Waals surface area contributed by atoms with Crippen molar-refractivity contribution in [2.75, 3.05) is 5.32 Å². The van der Waals surface area contributed by atoms with Crippen LogP contribution >= 0.6 is 0 Å². The van der Waals surface area contributed by atoms with Gasteiger partial charge in [0, 0.05) is 17.6 Å². The highest BCUT2D eigenvalue weighted by Gasteiger charge is 2.50. The molecule has 1 amide bonds. The molecule has 0 aromatic heterocycles. The van der Waals surface area contributed by atoms with Crippen molar-refractivity contribution in [3.8, 4) is 0 Å². The summed E-state index contributed by atoms with van der Waals surface area (Å²) < 4.78 is 5.51. The summed E-state index contributed by atoms with van der Waals surface area (Å²) in [4.78, 5) is 24.0. The number of carbonyl (C=O) groups excluding carboxylic acids is 2. The quantitative estimate of drug-likeness (QED) is 0.835. The van der Waals surface area contributed by atoms with Gasteiger partial charge in [-0.1, -0.05) is 37.3 Å². The van der Waals surface area contributed by atoms with Crippen LogP contribution in [0.25, 0.3) is 0 Å². The lowest BCUT2D eigenvalue weighted by Crippen LogP contribution is -2.45. The average Bonchev–Trinajstić information content (AvgIpc) is 3.09. The van der Waals surface area contributed by atoms with Crippen molar-refractivity contribution in [2.24, 2.45) is 11.8 Å². The van der Waals surface area contributed by atoms with Crippen molar-refractivity contribution in [3.63, 3.8) is 0 Å². The van der Waals surface area contributed by atoms with E-state index >= 15 is 0 Å². The van der Waals surface area contributed by atoms with Crippen LogP contribution in [0, 0.1) is 18.8 Å². The Morgan fingerprint density at radius 3 is 2.55 bits per heavy atom. The molecule has 5 heteroatoms. The summed E-state index contributed by atoms with van der Waals surface area (Å²) in [5, 5.41) is 14.2. The zero-order valence-corrected chi connectivity index (χ0v) is 12.5. The second kappa shape index (κ2) is 5.57. The Morgan fingerprint density at radius 1 is 1.23 bits per heavy atom. The largest absolute Gasteiger partial charge is 0.550 e. The van der Waals surface area contributed by atoms with Gasteiger partial charge in [0.15, 0.2) is 0 Å². The summed E-state index contributed by atoms with van der Waals surface area (Å²) in [5.41, 5.74) is 2.74. The number of amides is 1. The predicted molar refractivity (Wildman–Crippen MR) is 79.0 cm³/mol. The fraction of sp³-hybridized carbons (Fsp3) is 0.412. The van der Waals surface area contributed by atoms with Crippen molar-refractivity contribution in [2.45, 2.75) is 32.5 Å². The number of carboxylic acids is 1. The minimum Gasteiger partial charge on any atom is -0.550 e. The van der Waals surface area contributed by atoms with Gasteiger partial charge in [-0.05, 0) is 24.5 Å². The van der Waals surface area contributed by atoms with E-state index in [9.17, 15) is 14.7 Å². The Kier molecular flexibility index (Phi) is 3.74. The molecule has 2 bridgehead atoms. The number of rotatable bonds is 4. The number of hydrogen-bond donors (Lipinski definition) is 1. The number of anilines is 1. The van der Waals surface area contributed by atoms with Gasteiger partial charge in [-0.25, -0.2) is 0 Å². The number of para-hydroxylation sites is 1. The number of fused-ring (bicyclic) bond motifs is 2. The molecule has 0 saturated carbocycles. The normalized spacial score (nSPS) is 28.8. The van der Waals surface area contributed by atoms with Crippen molar-refractivity contribution in [1.82, 2.24) is 0 Å². The maximum atomic E-state index is 12.6. The lowest BCUT2D eigenvalue weighted by molar-refractivity contribution is -0.313. The van der Waals surface area contributed by atoms with Gasteiger partial charge >= 0.3 is 0 Å². The summed E-state index contributed by atoms with van der Waals surface area (Å²) in [7, 11) is 0. The van der Waals surface area contributed by atoms with Crippen LogP contribution in [0.3, 0.4) is 0 Å². The molecule has 2 aliphatic rings. The van der Waals surface area contributed by atoms with E-state index in [1.807, 2.05) is 32.0 Å². The van der Waals surface area contributed by atoms with Crippen LogP contribution in [0.1, 0.15) is 18.1 Å². The van der Waals surface area contributed by atoms with E-state index in [1.54, 1.807) is 12.2 Å². The van der Waals surface area contributed by atoms with Gasteiger partial charge in [0.25, 0.3) is 0 Å². The molecule has 2 aliphatic heterocycles. The third-order valence-corrected chi connectivity index (χ3v) is 4.46. The van der Waals surface area contributed by atoms with Crippen molar-refractivity contribution >= 4 is 17.6 Å². The van der Waals surface area contributed by atoms with Crippen molar-refractivity contribution in [1.29, 1.82) is 0 Å². The first-order chi connectivity index (χ1) is 10.5. The number of carboxylic acid groups (broad SMARTS) is 1. The number of aryl methyl sites for hydroxylation is 2. The van der Waals surface area contributed by atoms with E-state index < -0.39 is 30.0 Å². The van der Waals surface area contributed by atoms with Crippen LogP contribution in [0.2, 0.25) is 0 Å². The van der Waals surface area contributed by atoms with Gasteiger partial charge < -0.3 is 20.0 Å². The number of aliphatic carboxylic acids is 1. The average molecular weight is 300 g/mol. The van der Waals surface area contributed by atoms with Gasteiger partial charge in [-0.15, -0.1) is 0 Å². The second-order valence-corrected chi connectivity index (χ2v) is 5.77. The van der Waals surface area contributed by atoms with Crippen LogP contribution in [0.5, 0.6) is 0 Å². The number of benzene rings is 1. The molecule has 116 valence electrons. The van der Waals surface area contributed by atoms with Crippen molar-refractivity contribution in [3.05, 3.63) is 41.5 Å². The Hall–Kier alpha value is -2.14. The van der Waals surface area contributed by atoms with Crippen LogP contribution in [-0.4, -0.2) is 24.1 Å². The standard InChI is InChI=1S/C17H19NO4/c1-3-10-6-4-5-9(2)15(10)18-16(19)13-11-7-8-12(22-11)14(13)17(20)21/h4-8,11-14H,3H2,1-2H3,(H,18,19)(H,20,21)/p-1/t11-,12+,13-,14+/m1/s1. The highest BCUT2D eigenvalue weighted by atomic mass is 16.5. The van der Waals surface area contributed by atoms with Gasteiger partial charge in [0.05, 0.1) is 18.1 Å². The Bertz CT molecular complexity index is 652. The molecule has 4 atom stereocenters. The van der Waals surface area contributed by atoms with Gasteiger partial charge in [-0.2, -0.15) is 0 Å². The predicted octanol–water partition coefficient (Wildman–Crippen LogP) is 0.815. The molecule has 1 N–H and O–H groups in total. The molecule has 3 rings (SSSR count). The van der Waals surface area contributed by atoms with Crippen LogP contribution in [0.4, 0.5) is 5.69 Å². The van der Waals surface area contributed by atoms with Gasteiger partial charge in [-0.3, -0.25) is 4.79 Å². The zero-order chi connectivity index (χ0) is 15.9. The SMILES string of the molecule is CCc1cccc(C)c1NC(=O)[C@H]1[C@@H](C(=O)[O-])[C@@H]2C=C[C@H]1O2. The molecule has 0 unspecified atom stereocenters. The van der Waals surface area contributed by atoms with E-state index in [-0.39, 0.29) is 5.91 Å². The van der Waals surface area contributed by atoms with Crippen LogP contribution in [-0.2, 0) is 20.7 Å². The van der Waals surface area contributed by atoms with Gasteiger partial charge in [0.2, 0.25) is 5.91 Å². The first-order valence-electron chi connectivity index (χ1n) is 7.47. The lowest BCUT2D eigenvalue weighted by atomic mass is 9.82. The fourth-order valence-corrected chi connectivity index (χ4v) is 3.31. The van der Waals surface area contributed by atoms with Gasteiger partial charge in [0.1, 0.15) is 0 Å². The Balaban J connectivity index is 1.86. The molecule has 5 nitrogen and oxygen atoms in total. The second-order valence-electron chi connectivity index (χ2n) is 5.77. The lowest BCUT2D eigenvalue weighted by Gasteiger charge is -2.25. The van der Waals surface area contributed by atoms with E-state index in [0.29, 0.717) is 0 Å². The zero-order valence-electron chi connectivity index (χ0n) is 12.5. The molecule has 1 aromatic rings. The molecule has 1 fully saturated rings. The summed E-state index contributed by atoms with van der Waals surface area (Å²) in [6, 6.07) is 5.81. The van der Waals surface area contributed by atoms with Crippen LogP contribution < -0.4 is 10.4 Å². The maximum Gasteiger partial charge on any atom is 0.231 e. The van der Waals surface area contributed by atoms with E-state index in [1.165, 1.54) is 0 Å². The summed E-state index contributed by atoms with van der Waals surface area (Å²) in [6.45, 7) is 3.93. The summed E-state index contributed by atoms with van der Waals surface area (Å²) >= 11 is 0. The molecule has 0 spiro atoms. The first kappa shape index (κ1) is 14.8. The summed E-state index contributed by atoms with van der Waals surface area (Å²) in [5.74, 6) is -3.24. The van der Waals surface area contributed by atoms with Crippen molar-refractivity contribution < 1.29 is 19.4 Å². The fourth-order valence-electron chi connectivity index (χ4n) is 3.31. The highest BCUT2D eigenvalue weighted by Crippen LogP contribution is 2.39. The maximum absolute atomic E-state index is 12.6.